The van der Waals surface area contributed by atoms with Crippen LogP contribution in [0.15, 0.2) is 30.6 Å². The van der Waals surface area contributed by atoms with Crippen molar-refractivity contribution in [2.75, 3.05) is 11.4 Å². The van der Waals surface area contributed by atoms with Gasteiger partial charge in [-0.25, -0.2) is 14.4 Å². The Morgan fingerprint density at radius 2 is 2.10 bits per heavy atom. The molecule has 3 aromatic rings. The van der Waals surface area contributed by atoms with Crippen molar-refractivity contribution in [3.63, 3.8) is 0 Å². The molecule has 0 aliphatic carbocycles. The van der Waals surface area contributed by atoms with Crippen molar-refractivity contribution in [3.05, 3.63) is 52.4 Å². The van der Waals surface area contributed by atoms with E-state index in [2.05, 4.69) is 27.9 Å². The standard InChI is InChI=1S/C16H14FN3S/c1-10-6-14-15(18-9-19-16(14)21-10)20-5-4-11-7-13(17)3-2-12(11)8-20/h2-3,6-7,9H,4-5,8H2,1H3. The van der Waals surface area contributed by atoms with Gasteiger partial charge in [-0.2, -0.15) is 0 Å². The maximum absolute atomic E-state index is 13.3. The summed E-state index contributed by atoms with van der Waals surface area (Å²) < 4.78 is 13.3. The van der Waals surface area contributed by atoms with Crippen LogP contribution in [0.3, 0.4) is 0 Å². The largest absolute Gasteiger partial charge is 0.351 e. The first-order valence-corrected chi connectivity index (χ1v) is 7.76. The first-order valence-electron chi connectivity index (χ1n) is 6.94. The third-order valence-corrected chi connectivity index (χ3v) is 4.87. The number of aromatic nitrogens is 2. The molecule has 0 saturated heterocycles. The molecule has 1 aromatic carbocycles. The van der Waals surface area contributed by atoms with Gasteiger partial charge < -0.3 is 4.90 Å². The van der Waals surface area contributed by atoms with Crippen LogP contribution in [0.25, 0.3) is 10.2 Å². The molecule has 0 amide bonds. The Morgan fingerprint density at radius 1 is 1.19 bits per heavy atom. The van der Waals surface area contributed by atoms with Crippen LogP contribution in [-0.4, -0.2) is 16.5 Å². The normalized spacial score (nSPS) is 14.5. The molecule has 5 heteroatoms. The van der Waals surface area contributed by atoms with Gasteiger partial charge in [0.2, 0.25) is 0 Å². The van der Waals surface area contributed by atoms with Gasteiger partial charge in [-0.3, -0.25) is 0 Å². The maximum atomic E-state index is 13.3. The molecular formula is C16H14FN3S. The third kappa shape index (κ3) is 2.17. The van der Waals surface area contributed by atoms with Crippen LogP contribution in [0.2, 0.25) is 0 Å². The van der Waals surface area contributed by atoms with E-state index in [9.17, 15) is 4.39 Å². The Hall–Kier alpha value is -2.01. The minimum absolute atomic E-state index is 0.153. The highest BCUT2D eigenvalue weighted by Crippen LogP contribution is 2.32. The number of anilines is 1. The first-order chi connectivity index (χ1) is 10.2. The number of nitrogens with zero attached hydrogens (tertiary/aromatic N) is 3. The van der Waals surface area contributed by atoms with Gasteiger partial charge >= 0.3 is 0 Å². The summed E-state index contributed by atoms with van der Waals surface area (Å²) in [6.45, 7) is 3.72. The van der Waals surface area contributed by atoms with Gasteiger partial charge in [0.1, 0.15) is 22.8 Å². The van der Waals surface area contributed by atoms with Crippen molar-refractivity contribution < 1.29 is 4.39 Å². The van der Waals surface area contributed by atoms with Gasteiger partial charge in [-0.05, 0) is 42.7 Å². The van der Waals surface area contributed by atoms with Gasteiger partial charge in [0.05, 0.1) is 5.39 Å². The van der Waals surface area contributed by atoms with Crippen molar-refractivity contribution in [1.82, 2.24) is 9.97 Å². The molecule has 0 saturated carbocycles. The molecule has 0 fully saturated rings. The van der Waals surface area contributed by atoms with Crippen molar-refractivity contribution in [2.45, 2.75) is 19.9 Å². The number of hydrogen-bond donors (Lipinski definition) is 0. The Kier molecular flexibility index (Phi) is 2.89. The molecule has 2 aromatic heterocycles. The fourth-order valence-electron chi connectivity index (χ4n) is 2.92. The Labute approximate surface area is 126 Å². The van der Waals surface area contributed by atoms with Gasteiger partial charge in [0, 0.05) is 18.0 Å². The second-order valence-electron chi connectivity index (χ2n) is 5.36. The molecule has 1 aliphatic heterocycles. The monoisotopic (exact) mass is 299 g/mol. The van der Waals surface area contributed by atoms with Crippen LogP contribution in [-0.2, 0) is 13.0 Å². The molecule has 3 nitrogen and oxygen atoms in total. The molecule has 1 aliphatic rings. The summed E-state index contributed by atoms with van der Waals surface area (Å²) in [7, 11) is 0. The van der Waals surface area contributed by atoms with E-state index in [1.165, 1.54) is 16.5 Å². The summed E-state index contributed by atoms with van der Waals surface area (Å²) in [6, 6.07) is 7.22. The number of fused-ring (bicyclic) bond motifs is 2. The van der Waals surface area contributed by atoms with Crippen LogP contribution in [0.4, 0.5) is 10.2 Å². The van der Waals surface area contributed by atoms with E-state index in [-0.39, 0.29) is 5.82 Å². The molecule has 0 atom stereocenters. The molecule has 0 spiro atoms. The van der Waals surface area contributed by atoms with E-state index in [1.807, 2.05) is 6.07 Å². The van der Waals surface area contributed by atoms with Crippen molar-refractivity contribution in [2.24, 2.45) is 0 Å². The predicted molar refractivity (Wildman–Crippen MR) is 83.3 cm³/mol. The van der Waals surface area contributed by atoms with E-state index in [0.29, 0.717) is 0 Å². The summed E-state index contributed by atoms with van der Waals surface area (Å²) in [5.41, 5.74) is 2.29. The fraction of sp³-hybridized carbons (Fsp3) is 0.250. The molecule has 0 unspecified atom stereocenters. The van der Waals surface area contributed by atoms with Gasteiger partial charge in [-0.15, -0.1) is 11.3 Å². The number of aryl methyl sites for hydroxylation is 1. The molecule has 3 heterocycles. The molecule has 106 valence electrons. The van der Waals surface area contributed by atoms with Gasteiger partial charge in [0.25, 0.3) is 0 Å². The second-order valence-corrected chi connectivity index (χ2v) is 6.59. The Bertz CT molecular complexity index is 828. The predicted octanol–water partition coefficient (Wildman–Crippen LogP) is 3.70. The molecule has 21 heavy (non-hydrogen) atoms. The lowest BCUT2D eigenvalue weighted by Crippen LogP contribution is -2.31. The zero-order chi connectivity index (χ0) is 14.4. The highest BCUT2D eigenvalue weighted by molar-refractivity contribution is 7.18. The summed E-state index contributed by atoms with van der Waals surface area (Å²) in [4.78, 5) is 13.4. The lowest BCUT2D eigenvalue weighted by molar-refractivity contribution is 0.619. The quantitative estimate of drug-likeness (QED) is 0.686. The highest BCUT2D eigenvalue weighted by atomic mass is 32.1. The average Bonchev–Trinajstić information content (AvgIpc) is 2.86. The fourth-order valence-corrected chi connectivity index (χ4v) is 3.76. The Balaban J connectivity index is 1.75. The number of rotatable bonds is 1. The Morgan fingerprint density at radius 3 is 3.00 bits per heavy atom. The smallest absolute Gasteiger partial charge is 0.141 e. The SMILES string of the molecule is Cc1cc2c(N3CCc4cc(F)ccc4C3)ncnc2s1. The van der Waals surface area contributed by atoms with Crippen LogP contribution in [0.5, 0.6) is 0 Å². The van der Waals surface area contributed by atoms with Crippen LogP contribution in [0, 0.1) is 12.7 Å². The van der Waals surface area contributed by atoms with Crippen molar-refractivity contribution in [3.8, 4) is 0 Å². The number of thiophene rings is 1. The maximum Gasteiger partial charge on any atom is 0.141 e. The molecule has 0 radical (unpaired) electrons. The summed E-state index contributed by atoms with van der Waals surface area (Å²) in [5.74, 6) is 0.833. The second kappa shape index (κ2) is 4.77. The van der Waals surface area contributed by atoms with E-state index in [0.717, 1.165) is 41.1 Å². The number of hydrogen-bond acceptors (Lipinski definition) is 4. The molecule has 4 rings (SSSR count). The van der Waals surface area contributed by atoms with E-state index in [4.69, 9.17) is 0 Å². The van der Waals surface area contributed by atoms with Gasteiger partial charge in [-0.1, -0.05) is 6.07 Å². The summed E-state index contributed by atoms with van der Waals surface area (Å²) in [6.07, 6.45) is 2.48. The zero-order valence-corrected chi connectivity index (χ0v) is 12.5. The van der Waals surface area contributed by atoms with Crippen LogP contribution >= 0.6 is 11.3 Å². The minimum atomic E-state index is -0.153. The van der Waals surface area contributed by atoms with Crippen molar-refractivity contribution >= 4 is 27.4 Å². The summed E-state index contributed by atoms with van der Waals surface area (Å²) in [5, 5.41) is 1.12. The third-order valence-electron chi connectivity index (χ3n) is 3.91. The van der Waals surface area contributed by atoms with E-state index < -0.39 is 0 Å². The van der Waals surface area contributed by atoms with Crippen LogP contribution in [0.1, 0.15) is 16.0 Å². The number of halogens is 1. The van der Waals surface area contributed by atoms with Crippen LogP contribution < -0.4 is 4.90 Å². The average molecular weight is 299 g/mol. The summed E-state index contributed by atoms with van der Waals surface area (Å²) >= 11 is 1.69. The molecule has 0 N–H and O–H groups in total. The van der Waals surface area contributed by atoms with Crippen molar-refractivity contribution in [1.29, 1.82) is 0 Å². The highest BCUT2D eigenvalue weighted by Gasteiger charge is 2.20. The lowest BCUT2D eigenvalue weighted by atomic mass is 9.99. The lowest BCUT2D eigenvalue weighted by Gasteiger charge is -2.30. The molecular weight excluding hydrogens is 285 g/mol. The first kappa shape index (κ1) is 12.7. The topological polar surface area (TPSA) is 29.0 Å². The van der Waals surface area contributed by atoms with Gasteiger partial charge in [0.15, 0.2) is 0 Å². The zero-order valence-electron chi connectivity index (χ0n) is 11.6. The van der Waals surface area contributed by atoms with E-state index >= 15 is 0 Å². The number of benzene rings is 1. The van der Waals surface area contributed by atoms with E-state index in [1.54, 1.807) is 23.7 Å². The molecule has 0 bridgehead atoms. The minimum Gasteiger partial charge on any atom is -0.351 e.